The largest absolute Gasteiger partial charge is 0.497 e. The van der Waals surface area contributed by atoms with Gasteiger partial charge in [0.2, 0.25) is 23.6 Å². The normalized spacial score (nSPS) is 30.5. The van der Waals surface area contributed by atoms with E-state index >= 15 is 0 Å². The van der Waals surface area contributed by atoms with E-state index in [0.29, 0.717) is 54.7 Å². The molecule has 3 heterocycles. The van der Waals surface area contributed by atoms with Crippen LogP contribution in [-0.2, 0) is 35.1 Å². The smallest absolute Gasteiger partial charge is 0.329 e. The van der Waals surface area contributed by atoms with Gasteiger partial charge in [-0.3, -0.25) is 24.2 Å². The lowest BCUT2D eigenvalue weighted by atomic mass is 9.81. The molecule has 1 aromatic rings. The minimum absolute atomic E-state index is 0.0339. The van der Waals surface area contributed by atoms with Crippen LogP contribution in [0.2, 0.25) is 0 Å². The highest BCUT2D eigenvalue weighted by atomic mass is 32.2. The molecule has 1 aromatic carbocycles. The van der Waals surface area contributed by atoms with Crippen LogP contribution >= 0.6 is 11.8 Å². The van der Waals surface area contributed by atoms with Crippen molar-refractivity contribution < 1.29 is 38.6 Å². The summed E-state index contributed by atoms with van der Waals surface area (Å²) in [5.74, 6) is -2.21. The van der Waals surface area contributed by atoms with E-state index in [2.05, 4.69) is 15.3 Å². The van der Waals surface area contributed by atoms with Crippen molar-refractivity contribution >= 4 is 46.4 Å². The monoisotopic (exact) mass is 880 g/mol. The molecule has 342 valence electrons. The summed E-state index contributed by atoms with van der Waals surface area (Å²) in [5.41, 5.74) is 9.99. The maximum atomic E-state index is 14.7. The number of aliphatic imine (C=N–C) groups is 1. The lowest BCUT2D eigenvalue weighted by Crippen LogP contribution is -2.60. The molecule has 1 saturated heterocycles. The van der Waals surface area contributed by atoms with Gasteiger partial charge >= 0.3 is 5.97 Å². The van der Waals surface area contributed by atoms with Gasteiger partial charge in [-0.1, -0.05) is 78.2 Å². The number of hydrogen-bond acceptors (Lipinski definition) is 11. The number of nitrogens with one attached hydrogen (secondary N) is 1. The summed E-state index contributed by atoms with van der Waals surface area (Å²) < 4.78 is 11.6. The molecule has 2 bridgehead atoms. The molecule has 3 aliphatic heterocycles. The Balaban J connectivity index is 1.80. The van der Waals surface area contributed by atoms with Crippen LogP contribution in [0.1, 0.15) is 93.1 Å². The van der Waals surface area contributed by atoms with Crippen molar-refractivity contribution in [3.63, 3.8) is 0 Å². The molecule has 0 unspecified atom stereocenters. The van der Waals surface area contributed by atoms with Crippen molar-refractivity contribution in [3.8, 4) is 5.75 Å². The molecule has 4 amide bonds. The maximum Gasteiger partial charge on any atom is 0.329 e. The number of benzene rings is 1. The Labute approximate surface area is 371 Å². The number of ether oxygens (including phenoxy) is 2. The maximum absolute atomic E-state index is 14.7. The number of likely N-dealkylation sites (N-methyl/N-ethyl adjacent to an activating group) is 2. The zero-order valence-corrected chi connectivity index (χ0v) is 39.2. The number of aliphatic hydroxyl groups is 1. The molecule has 62 heavy (non-hydrogen) atoms. The van der Waals surface area contributed by atoms with E-state index in [1.165, 1.54) is 40.6 Å². The molecule has 2 N–H and O–H groups in total. The van der Waals surface area contributed by atoms with Gasteiger partial charge in [-0.15, -0.1) is 11.8 Å². The van der Waals surface area contributed by atoms with Crippen molar-refractivity contribution in [1.82, 2.24) is 20.0 Å². The zero-order valence-electron chi connectivity index (χ0n) is 38.4. The Morgan fingerprint density at radius 1 is 1.06 bits per heavy atom. The molecular weight excluding hydrogens is 813 g/mol. The van der Waals surface area contributed by atoms with Crippen molar-refractivity contribution in [3.05, 3.63) is 51.9 Å². The molecule has 17 heteroatoms. The van der Waals surface area contributed by atoms with Gasteiger partial charge in [-0.25, -0.2) is 4.79 Å². The minimum Gasteiger partial charge on any atom is -0.497 e. The highest BCUT2D eigenvalue weighted by Gasteiger charge is 2.45. The van der Waals surface area contributed by atoms with Crippen molar-refractivity contribution in [2.75, 3.05) is 40.0 Å². The summed E-state index contributed by atoms with van der Waals surface area (Å²) in [6.45, 7) is 15.2. The molecule has 0 aromatic heterocycles. The quantitative estimate of drug-likeness (QED) is 0.152. The lowest BCUT2D eigenvalue weighted by Gasteiger charge is -2.39. The summed E-state index contributed by atoms with van der Waals surface area (Å²) in [6.07, 6.45) is 2.96. The van der Waals surface area contributed by atoms with Crippen molar-refractivity contribution in [2.45, 2.75) is 136 Å². The van der Waals surface area contributed by atoms with Gasteiger partial charge in [-0.05, 0) is 73.1 Å². The first-order valence-electron chi connectivity index (χ1n) is 21.8. The fraction of sp³-hybridized carbons (Fsp3) is 0.689. The van der Waals surface area contributed by atoms with Crippen LogP contribution < -0.4 is 10.1 Å². The standard InChI is InChI=1S/C45H68N8O8S/c1-12-27(3)38-43(58)53-19-13-14-34(53)44(59)61-37(45(6,7)8)21-26(2)20-36(54)29(5)40-48-31(25-62-40)22-28(4)39(55)49-33(23-30-15-17-32(60-11)18-16-30)41(56)51(9)35(24-47-50-46)42(57)52(38)10/h15-18,22,26-27,29,31,33-38,54H,12-14,19-21,23-25H2,1-11H3,(H,49,55)/b28-22+/t26-,27-,29-,31-,33-,34-,35-,36-,37-,38-/m0/s1. The second-order valence-corrected chi connectivity index (χ2v) is 19.4. The number of esters is 1. The zero-order chi connectivity index (χ0) is 46.1. The van der Waals surface area contributed by atoms with Crippen LogP contribution in [0.5, 0.6) is 5.75 Å². The highest BCUT2D eigenvalue weighted by molar-refractivity contribution is 8.14. The molecule has 0 saturated carbocycles. The number of rotatable bonds is 7. The molecule has 0 spiro atoms. The number of amides is 4. The number of cyclic esters (lactones) is 1. The second kappa shape index (κ2) is 22.2. The SMILES string of the molecule is CC[C@H](C)[C@H]1C(=O)N2CCC[C@H]2C(=O)O[C@H](C(C)(C)C)C[C@@H](C)C[C@H](O)[C@H](C)C2=N[C@@H](/C=C(\C)C(=O)N[C@@H](Cc3ccc(OC)cc3)C(=O)N(C)[C@@H](CN=[N+]=[N-])C(=O)N1C)CS2. The van der Waals surface area contributed by atoms with E-state index in [1.807, 2.05) is 48.5 Å². The van der Waals surface area contributed by atoms with E-state index in [0.717, 1.165) is 5.04 Å². The van der Waals surface area contributed by atoms with E-state index in [9.17, 15) is 34.6 Å². The van der Waals surface area contributed by atoms with Crippen LogP contribution in [0.3, 0.4) is 0 Å². The highest BCUT2D eigenvalue weighted by Crippen LogP contribution is 2.34. The molecule has 0 radical (unpaired) electrons. The van der Waals surface area contributed by atoms with Gasteiger partial charge in [0.05, 0.1) is 30.8 Å². The average Bonchev–Trinajstić information content (AvgIpc) is 3.92. The number of fused-ring (bicyclic) bond motifs is 2. The predicted molar refractivity (Wildman–Crippen MR) is 240 cm³/mol. The van der Waals surface area contributed by atoms with Gasteiger partial charge in [0.15, 0.2) is 0 Å². The summed E-state index contributed by atoms with van der Waals surface area (Å²) in [4.78, 5) is 83.8. The molecule has 16 nitrogen and oxygen atoms in total. The third kappa shape index (κ3) is 12.5. The van der Waals surface area contributed by atoms with Crippen LogP contribution in [-0.4, -0.2) is 137 Å². The van der Waals surface area contributed by atoms with Crippen molar-refractivity contribution in [2.24, 2.45) is 33.3 Å². The summed E-state index contributed by atoms with van der Waals surface area (Å²) >= 11 is 1.53. The molecule has 0 aliphatic carbocycles. The number of carbonyl (C=O) groups excluding carboxylic acids is 5. The predicted octanol–water partition coefficient (Wildman–Crippen LogP) is 5.57. The number of azide groups is 1. The molecule has 4 rings (SSSR count). The molecular formula is C45H68N8O8S. The Morgan fingerprint density at radius 2 is 1.74 bits per heavy atom. The Morgan fingerprint density at radius 3 is 2.35 bits per heavy atom. The number of aliphatic hydroxyl groups excluding tert-OH is 1. The van der Waals surface area contributed by atoms with Crippen LogP contribution in [0.15, 0.2) is 46.0 Å². The number of hydrogen-bond donors (Lipinski definition) is 2. The number of carbonyl (C=O) groups is 5. The average molecular weight is 881 g/mol. The topological polar surface area (TPSA) is 207 Å². The Hall–Kier alpha value is -4.60. The van der Waals surface area contributed by atoms with E-state index in [-0.39, 0.29) is 36.8 Å². The summed E-state index contributed by atoms with van der Waals surface area (Å²) in [6, 6.07) is 2.28. The second-order valence-electron chi connectivity index (χ2n) is 18.3. The van der Waals surface area contributed by atoms with Crippen LogP contribution in [0.4, 0.5) is 0 Å². The van der Waals surface area contributed by atoms with Gasteiger partial charge in [0.25, 0.3) is 0 Å². The first kappa shape index (κ1) is 50.0. The van der Waals surface area contributed by atoms with Gasteiger partial charge in [0.1, 0.15) is 36.0 Å². The first-order chi connectivity index (χ1) is 29.2. The first-order valence-corrected chi connectivity index (χ1v) is 22.8. The summed E-state index contributed by atoms with van der Waals surface area (Å²) in [5, 5.41) is 18.8. The number of methoxy groups -OCH3 is 1. The van der Waals surface area contributed by atoms with E-state index in [4.69, 9.17) is 14.5 Å². The fourth-order valence-corrected chi connectivity index (χ4v) is 9.47. The third-order valence-electron chi connectivity index (χ3n) is 12.6. The van der Waals surface area contributed by atoms with E-state index in [1.54, 1.807) is 44.4 Å². The Kier molecular flexibility index (Phi) is 17.9. The van der Waals surface area contributed by atoms with Gasteiger partial charge in [0, 0.05) is 49.2 Å². The van der Waals surface area contributed by atoms with Crippen LogP contribution in [0, 0.1) is 23.2 Å². The fourth-order valence-electron chi connectivity index (χ4n) is 8.33. The molecule has 10 atom stereocenters. The lowest BCUT2D eigenvalue weighted by molar-refractivity contribution is -0.166. The minimum atomic E-state index is -1.35. The molecule has 1 fully saturated rings. The van der Waals surface area contributed by atoms with Crippen LogP contribution in [0.25, 0.3) is 10.4 Å². The summed E-state index contributed by atoms with van der Waals surface area (Å²) in [7, 11) is 4.44. The van der Waals surface area contributed by atoms with E-state index < -0.39 is 77.9 Å². The Bertz CT molecular complexity index is 1880. The number of nitrogens with zero attached hydrogens (tertiary/aromatic N) is 7. The van der Waals surface area contributed by atoms with Gasteiger partial charge < -0.3 is 34.6 Å². The third-order valence-corrected chi connectivity index (χ3v) is 13.9. The van der Waals surface area contributed by atoms with Crippen molar-refractivity contribution in [1.29, 1.82) is 0 Å². The number of thioether (sulfide) groups is 1. The molecule has 3 aliphatic rings. The van der Waals surface area contributed by atoms with Gasteiger partial charge in [-0.2, -0.15) is 0 Å².